The Kier molecular flexibility index (Phi) is 6.26. The number of rotatable bonds is 7. The van der Waals surface area contributed by atoms with Gasteiger partial charge in [0, 0.05) is 18.5 Å². The SMILES string of the molecule is CCN(C(C)CCCC(F)(F)F)C1COCC1C(=O)O. The minimum absolute atomic E-state index is 0.0620. The normalized spacial score (nSPS) is 25.1. The van der Waals surface area contributed by atoms with Crippen molar-refractivity contribution in [3.8, 4) is 0 Å². The van der Waals surface area contributed by atoms with E-state index in [0.717, 1.165) is 0 Å². The van der Waals surface area contributed by atoms with E-state index in [2.05, 4.69) is 0 Å². The highest BCUT2D eigenvalue weighted by Gasteiger charge is 2.39. The minimum Gasteiger partial charge on any atom is -0.481 e. The number of carboxylic acid groups (broad SMARTS) is 1. The molecule has 1 aliphatic heterocycles. The van der Waals surface area contributed by atoms with Gasteiger partial charge in [-0.15, -0.1) is 0 Å². The second-order valence-corrected chi connectivity index (χ2v) is 5.24. The number of nitrogens with zero attached hydrogens (tertiary/aromatic N) is 1. The molecule has 0 radical (unpaired) electrons. The van der Waals surface area contributed by atoms with E-state index in [9.17, 15) is 18.0 Å². The molecule has 4 nitrogen and oxygen atoms in total. The summed E-state index contributed by atoms with van der Waals surface area (Å²) in [4.78, 5) is 13.1. The van der Waals surface area contributed by atoms with Crippen LogP contribution in [-0.4, -0.2) is 54.0 Å². The number of alkyl halides is 3. The first kappa shape index (κ1) is 17.2. The molecule has 1 fully saturated rings. The number of carboxylic acids is 1. The van der Waals surface area contributed by atoms with E-state index in [0.29, 0.717) is 19.6 Å². The van der Waals surface area contributed by atoms with Gasteiger partial charge in [-0.05, 0) is 26.3 Å². The predicted molar refractivity (Wildman–Crippen MR) is 67.5 cm³/mol. The summed E-state index contributed by atoms with van der Waals surface area (Å²) < 4.78 is 41.7. The summed E-state index contributed by atoms with van der Waals surface area (Å²) in [6, 6.07) is -0.339. The third-order valence-corrected chi connectivity index (χ3v) is 3.81. The molecule has 1 heterocycles. The van der Waals surface area contributed by atoms with Crippen molar-refractivity contribution in [3.05, 3.63) is 0 Å². The fourth-order valence-electron chi connectivity index (χ4n) is 2.74. The summed E-state index contributed by atoms with van der Waals surface area (Å²) in [5.41, 5.74) is 0. The van der Waals surface area contributed by atoms with Gasteiger partial charge in [0.25, 0.3) is 0 Å². The average molecular weight is 297 g/mol. The van der Waals surface area contributed by atoms with Gasteiger partial charge in [-0.3, -0.25) is 9.69 Å². The molecule has 118 valence electrons. The summed E-state index contributed by atoms with van der Waals surface area (Å²) in [5.74, 6) is -1.51. The zero-order valence-corrected chi connectivity index (χ0v) is 11.8. The van der Waals surface area contributed by atoms with Crippen molar-refractivity contribution in [2.24, 2.45) is 5.92 Å². The van der Waals surface area contributed by atoms with E-state index in [-0.39, 0.29) is 25.1 Å². The lowest BCUT2D eigenvalue weighted by Gasteiger charge is -2.34. The molecular formula is C13H22F3NO3. The number of halogens is 3. The number of hydrogen-bond acceptors (Lipinski definition) is 3. The van der Waals surface area contributed by atoms with Crippen LogP contribution in [0.4, 0.5) is 13.2 Å². The molecule has 0 bridgehead atoms. The Labute approximate surface area is 116 Å². The fraction of sp³-hybridized carbons (Fsp3) is 0.923. The quantitative estimate of drug-likeness (QED) is 0.784. The van der Waals surface area contributed by atoms with Gasteiger partial charge in [0.15, 0.2) is 0 Å². The molecule has 3 unspecified atom stereocenters. The molecule has 1 rings (SSSR count). The molecule has 0 aromatic heterocycles. The van der Waals surface area contributed by atoms with Crippen LogP contribution in [-0.2, 0) is 9.53 Å². The van der Waals surface area contributed by atoms with Crippen molar-refractivity contribution >= 4 is 5.97 Å². The zero-order valence-electron chi connectivity index (χ0n) is 11.8. The topological polar surface area (TPSA) is 49.8 Å². The average Bonchev–Trinajstić information content (AvgIpc) is 2.77. The van der Waals surface area contributed by atoms with E-state index >= 15 is 0 Å². The van der Waals surface area contributed by atoms with Crippen molar-refractivity contribution in [2.75, 3.05) is 19.8 Å². The van der Waals surface area contributed by atoms with E-state index in [1.54, 1.807) is 0 Å². The largest absolute Gasteiger partial charge is 0.481 e. The maximum atomic E-state index is 12.1. The first-order valence-electron chi connectivity index (χ1n) is 6.89. The van der Waals surface area contributed by atoms with Gasteiger partial charge in [0.05, 0.1) is 19.1 Å². The van der Waals surface area contributed by atoms with Gasteiger partial charge >= 0.3 is 12.1 Å². The molecule has 0 amide bonds. The van der Waals surface area contributed by atoms with E-state index in [4.69, 9.17) is 9.84 Å². The summed E-state index contributed by atoms with van der Waals surface area (Å²) in [5, 5.41) is 9.14. The lowest BCUT2D eigenvalue weighted by molar-refractivity contribution is -0.143. The van der Waals surface area contributed by atoms with Crippen LogP contribution in [0.3, 0.4) is 0 Å². The van der Waals surface area contributed by atoms with Crippen LogP contribution in [0.2, 0.25) is 0 Å². The number of carbonyl (C=O) groups is 1. The van der Waals surface area contributed by atoms with Crippen LogP contribution in [0.5, 0.6) is 0 Å². The predicted octanol–water partition coefficient (Wildman–Crippen LogP) is 2.53. The molecule has 0 saturated carbocycles. The fourth-order valence-corrected chi connectivity index (χ4v) is 2.74. The van der Waals surface area contributed by atoms with E-state index in [1.807, 2.05) is 18.7 Å². The van der Waals surface area contributed by atoms with Crippen molar-refractivity contribution in [2.45, 2.75) is 51.4 Å². The Bertz CT molecular complexity index is 322. The van der Waals surface area contributed by atoms with E-state index < -0.39 is 24.5 Å². The molecule has 0 aromatic rings. The van der Waals surface area contributed by atoms with Crippen molar-refractivity contribution in [1.29, 1.82) is 0 Å². The molecule has 1 saturated heterocycles. The van der Waals surface area contributed by atoms with Gasteiger partial charge in [-0.25, -0.2) is 0 Å². The molecule has 7 heteroatoms. The van der Waals surface area contributed by atoms with Gasteiger partial charge in [0.1, 0.15) is 0 Å². The monoisotopic (exact) mass is 297 g/mol. The molecule has 1 N–H and O–H groups in total. The third-order valence-electron chi connectivity index (χ3n) is 3.81. The molecule has 0 aromatic carbocycles. The lowest BCUT2D eigenvalue weighted by Crippen LogP contribution is -2.47. The molecule has 20 heavy (non-hydrogen) atoms. The van der Waals surface area contributed by atoms with Gasteiger partial charge in [-0.2, -0.15) is 13.2 Å². The van der Waals surface area contributed by atoms with Crippen LogP contribution in [0.1, 0.15) is 33.1 Å². The second kappa shape index (κ2) is 7.26. The second-order valence-electron chi connectivity index (χ2n) is 5.24. The van der Waals surface area contributed by atoms with Gasteiger partial charge < -0.3 is 9.84 Å². The molecule has 0 aliphatic carbocycles. The van der Waals surface area contributed by atoms with Crippen LogP contribution < -0.4 is 0 Å². The maximum absolute atomic E-state index is 12.1. The Morgan fingerprint density at radius 2 is 2.10 bits per heavy atom. The number of likely N-dealkylation sites (N-methyl/N-ethyl adjacent to an activating group) is 1. The van der Waals surface area contributed by atoms with Gasteiger partial charge in [-0.1, -0.05) is 6.92 Å². The van der Waals surface area contributed by atoms with Crippen molar-refractivity contribution in [1.82, 2.24) is 4.90 Å². The molecular weight excluding hydrogens is 275 g/mol. The Hall–Kier alpha value is -0.820. The maximum Gasteiger partial charge on any atom is 0.389 e. The molecule has 1 aliphatic rings. The zero-order chi connectivity index (χ0) is 15.3. The van der Waals surface area contributed by atoms with Crippen LogP contribution >= 0.6 is 0 Å². The van der Waals surface area contributed by atoms with Crippen LogP contribution in [0.25, 0.3) is 0 Å². The Morgan fingerprint density at radius 1 is 1.45 bits per heavy atom. The Balaban J connectivity index is 2.54. The summed E-state index contributed by atoms with van der Waals surface area (Å²) in [7, 11) is 0. The first-order chi connectivity index (χ1) is 9.26. The summed E-state index contributed by atoms with van der Waals surface area (Å²) >= 11 is 0. The summed E-state index contributed by atoms with van der Waals surface area (Å²) in [6.45, 7) is 4.83. The number of ether oxygens (including phenoxy) is 1. The van der Waals surface area contributed by atoms with Crippen LogP contribution in [0, 0.1) is 5.92 Å². The van der Waals surface area contributed by atoms with Gasteiger partial charge in [0.2, 0.25) is 0 Å². The molecule has 0 spiro atoms. The number of aliphatic carboxylic acids is 1. The first-order valence-corrected chi connectivity index (χ1v) is 6.89. The highest BCUT2D eigenvalue weighted by Crippen LogP contribution is 2.26. The van der Waals surface area contributed by atoms with Crippen molar-refractivity contribution in [3.63, 3.8) is 0 Å². The van der Waals surface area contributed by atoms with Crippen LogP contribution in [0.15, 0.2) is 0 Å². The minimum atomic E-state index is -4.13. The van der Waals surface area contributed by atoms with E-state index in [1.165, 1.54) is 0 Å². The standard InChI is InChI=1S/C13H22F3NO3/c1-3-17(9(2)5-4-6-13(14,15)16)11-8-20-7-10(11)12(18)19/h9-11H,3-8H2,1-2H3,(H,18,19). The smallest absolute Gasteiger partial charge is 0.389 e. The number of hydrogen-bond donors (Lipinski definition) is 1. The lowest BCUT2D eigenvalue weighted by atomic mass is 9.99. The summed E-state index contributed by atoms with van der Waals surface area (Å²) in [6.07, 6.45) is -4.46. The highest BCUT2D eigenvalue weighted by molar-refractivity contribution is 5.71. The Morgan fingerprint density at radius 3 is 2.60 bits per heavy atom. The molecule has 3 atom stereocenters. The highest BCUT2D eigenvalue weighted by atomic mass is 19.4. The third kappa shape index (κ3) is 4.94. The van der Waals surface area contributed by atoms with Crippen molar-refractivity contribution < 1.29 is 27.8 Å².